The number of hydrogen-bond donors (Lipinski definition) is 8. The van der Waals surface area contributed by atoms with Gasteiger partial charge < -0.3 is 43.2 Å². The molecule has 13 heteroatoms. The smallest absolute Gasteiger partial charge is 0.326 e. The molecule has 1 aromatic heterocycles. The summed E-state index contributed by atoms with van der Waals surface area (Å²) in [5.41, 5.74) is 18.7. The highest BCUT2D eigenvalue weighted by molar-refractivity contribution is 5.94. The Hall–Kier alpha value is -4.13. The van der Waals surface area contributed by atoms with Gasteiger partial charge in [-0.2, -0.15) is 0 Å². The number of rotatable bonds is 17. The predicted octanol–water partition coefficient (Wildman–Crippen LogP) is 0.723. The van der Waals surface area contributed by atoms with Crippen molar-refractivity contribution in [2.75, 3.05) is 6.54 Å². The van der Waals surface area contributed by atoms with E-state index in [4.69, 9.17) is 17.2 Å². The van der Waals surface area contributed by atoms with Gasteiger partial charge in [0.1, 0.15) is 18.1 Å². The molecule has 2 aromatic rings. The molecule has 3 amide bonds. The van der Waals surface area contributed by atoms with Crippen LogP contribution in [0.15, 0.2) is 35.5 Å². The molecule has 11 N–H and O–H groups in total. The van der Waals surface area contributed by atoms with Crippen LogP contribution in [0.2, 0.25) is 0 Å². The fourth-order valence-electron chi connectivity index (χ4n) is 4.62. The van der Waals surface area contributed by atoms with Crippen LogP contribution in [0.1, 0.15) is 58.9 Å². The lowest BCUT2D eigenvalue weighted by Crippen LogP contribution is -2.57. The molecule has 232 valence electrons. The first kappa shape index (κ1) is 34.1. The number of aliphatic carboxylic acids is 1. The van der Waals surface area contributed by atoms with E-state index >= 15 is 0 Å². The quantitative estimate of drug-likeness (QED) is 0.0746. The second kappa shape index (κ2) is 16.3. The molecule has 4 unspecified atom stereocenters. The van der Waals surface area contributed by atoms with Crippen molar-refractivity contribution in [1.29, 1.82) is 0 Å². The second-order valence-electron chi connectivity index (χ2n) is 11.4. The fraction of sp³-hybridized carbons (Fsp3) is 0.552. The van der Waals surface area contributed by atoms with Crippen LogP contribution in [0.4, 0.5) is 0 Å². The van der Waals surface area contributed by atoms with Crippen molar-refractivity contribution in [3.63, 3.8) is 0 Å². The van der Waals surface area contributed by atoms with Gasteiger partial charge in [0.25, 0.3) is 0 Å². The Kier molecular flexibility index (Phi) is 13.3. The van der Waals surface area contributed by atoms with Crippen molar-refractivity contribution in [1.82, 2.24) is 20.9 Å². The number of nitrogens with one attached hydrogen (secondary N) is 4. The zero-order valence-electron chi connectivity index (χ0n) is 24.9. The molecule has 42 heavy (non-hydrogen) atoms. The third-order valence-electron chi connectivity index (χ3n) is 6.69. The topological polar surface area (TPSA) is 231 Å². The molecule has 1 aromatic carbocycles. The number of para-hydroxylation sites is 1. The molecular weight excluding hydrogens is 540 g/mol. The Morgan fingerprint density at radius 1 is 0.881 bits per heavy atom. The van der Waals surface area contributed by atoms with E-state index in [1.165, 1.54) is 0 Å². The first-order chi connectivity index (χ1) is 19.8. The van der Waals surface area contributed by atoms with Gasteiger partial charge in [-0.15, -0.1) is 0 Å². The van der Waals surface area contributed by atoms with Gasteiger partial charge in [-0.05, 0) is 55.6 Å². The average Bonchev–Trinajstić information content (AvgIpc) is 3.31. The summed E-state index contributed by atoms with van der Waals surface area (Å²) in [5, 5.41) is 18.6. The lowest BCUT2D eigenvalue weighted by molar-refractivity contribution is -0.142. The monoisotopic (exact) mass is 586 g/mol. The maximum Gasteiger partial charge on any atom is 0.326 e. The van der Waals surface area contributed by atoms with E-state index in [2.05, 4.69) is 25.9 Å². The summed E-state index contributed by atoms with van der Waals surface area (Å²) in [6, 6.07) is 3.65. The van der Waals surface area contributed by atoms with Crippen molar-refractivity contribution in [3.05, 3.63) is 36.0 Å². The Morgan fingerprint density at radius 2 is 1.43 bits per heavy atom. The number of aromatic amines is 1. The number of aliphatic imine (C=N–C) groups is 1. The van der Waals surface area contributed by atoms with Crippen LogP contribution in [-0.2, 0) is 25.6 Å². The maximum absolute atomic E-state index is 13.4. The highest BCUT2D eigenvalue weighted by Gasteiger charge is 2.31. The summed E-state index contributed by atoms with van der Waals surface area (Å²) in [6.07, 6.45) is 3.09. The average molecular weight is 587 g/mol. The normalized spacial score (nSPS) is 14.2. The van der Waals surface area contributed by atoms with Crippen LogP contribution in [0.25, 0.3) is 10.9 Å². The van der Waals surface area contributed by atoms with Crippen molar-refractivity contribution in [3.8, 4) is 0 Å². The number of carboxylic acids is 1. The van der Waals surface area contributed by atoms with Gasteiger partial charge in [0.05, 0.1) is 6.04 Å². The largest absolute Gasteiger partial charge is 0.480 e. The van der Waals surface area contributed by atoms with E-state index in [1.807, 2.05) is 58.2 Å². The van der Waals surface area contributed by atoms with Crippen LogP contribution in [0.5, 0.6) is 0 Å². The van der Waals surface area contributed by atoms with E-state index in [0.29, 0.717) is 12.8 Å². The van der Waals surface area contributed by atoms with Gasteiger partial charge in [-0.25, -0.2) is 4.79 Å². The van der Waals surface area contributed by atoms with E-state index in [0.717, 1.165) is 16.5 Å². The number of fused-ring (bicyclic) bond motifs is 1. The van der Waals surface area contributed by atoms with E-state index in [9.17, 15) is 24.3 Å². The molecule has 4 atom stereocenters. The minimum atomic E-state index is -1.21. The highest BCUT2D eigenvalue weighted by Crippen LogP contribution is 2.19. The van der Waals surface area contributed by atoms with Crippen LogP contribution in [-0.4, -0.2) is 70.5 Å². The van der Waals surface area contributed by atoms with Gasteiger partial charge in [-0.1, -0.05) is 45.9 Å². The number of aromatic nitrogens is 1. The first-order valence-corrected chi connectivity index (χ1v) is 14.3. The van der Waals surface area contributed by atoms with E-state index in [-0.39, 0.29) is 43.6 Å². The number of benzene rings is 1. The summed E-state index contributed by atoms with van der Waals surface area (Å²) >= 11 is 0. The Balaban J connectivity index is 2.10. The van der Waals surface area contributed by atoms with Crippen molar-refractivity contribution in [2.45, 2.75) is 84.0 Å². The van der Waals surface area contributed by atoms with E-state index < -0.39 is 47.9 Å². The fourth-order valence-corrected chi connectivity index (χ4v) is 4.62. The van der Waals surface area contributed by atoms with Crippen molar-refractivity contribution in [2.24, 2.45) is 34.0 Å². The summed E-state index contributed by atoms with van der Waals surface area (Å²) in [4.78, 5) is 58.4. The number of carbonyl (C=O) groups excluding carboxylic acids is 3. The molecule has 0 saturated carbocycles. The minimum absolute atomic E-state index is 0.00827. The molecule has 2 rings (SSSR count). The molecule has 0 saturated heterocycles. The number of carbonyl (C=O) groups is 4. The molecule has 0 aliphatic rings. The number of hydrogen-bond acceptors (Lipinski definition) is 6. The number of H-pyrrole nitrogens is 1. The van der Waals surface area contributed by atoms with Crippen molar-refractivity contribution >= 4 is 40.6 Å². The number of guanidine groups is 1. The molecule has 1 heterocycles. The Morgan fingerprint density at radius 3 is 1.98 bits per heavy atom. The number of nitrogens with two attached hydrogens (primary N) is 3. The summed E-state index contributed by atoms with van der Waals surface area (Å²) in [6.45, 7) is 7.81. The molecular formula is C29H46N8O5. The molecule has 0 aliphatic carbocycles. The van der Waals surface area contributed by atoms with Gasteiger partial charge >= 0.3 is 5.97 Å². The molecule has 0 spiro atoms. The second-order valence-corrected chi connectivity index (χ2v) is 11.4. The molecule has 13 nitrogen and oxygen atoms in total. The minimum Gasteiger partial charge on any atom is -0.480 e. The summed E-state index contributed by atoms with van der Waals surface area (Å²) < 4.78 is 0. The highest BCUT2D eigenvalue weighted by atomic mass is 16.4. The molecule has 0 radical (unpaired) electrons. The van der Waals surface area contributed by atoms with Crippen LogP contribution in [0.3, 0.4) is 0 Å². The lowest BCUT2D eigenvalue weighted by atomic mass is 9.99. The number of nitrogens with zero attached hydrogens (tertiary/aromatic N) is 1. The zero-order chi connectivity index (χ0) is 31.4. The van der Waals surface area contributed by atoms with Gasteiger partial charge in [-0.3, -0.25) is 19.4 Å². The zero-order valence-corrected chi connectivity index (χ0v) is 24.9. The van der Waals surface area contributed by atoms with Gasteiger partial charge in [0.15, 0.2) is 5.96 Å². The van der Waals surface area contributed by atoms with Crippen LogP contribution in [0, 0.1) is 11.8 Å². The van der Waals surface area contributed by atoms with Crippen LogP contribution >= 0.6 is 0 Å². The molecule has 0 fully saturated rings. The first-order valence-electron chi connectivity index (χ1n) is 14.3. The molecule has 0 bridgehead atoms. The van der Waals surface area contributed by atoms with Gasteiger partial charge in [0, 0.05) is 23.6 Å². The van der Waals surface area contributed by atoms with E-state index in [1.54, 1.807) is 0 Å². The van der Waals surface area contributed by atoms with Crippen LogP contribution < -0.4 is 33.2 Å². The maximum atomic E-state index is 13.4. The Bertz CT molecular complexity index is 1240. The molecule has 0 aliphatic heterocycles. The third-order valence-corrected chi connectivity index (χ3v) is 6.69. The standard InChI is InChI=1S/C29H46N8O5/c1-16(2)12-23(36-25(38)20(30)14-18-15-34-21-9-6-5-8-19(18)21)27(40)37-24(13-17(3)4)26(39)35-22(28(41)42)10-7-11-33-29(31)32/h5-6,8-9,15-17,20,22-24,34H,7,10-14,30H2,1-4H3,(H,35,39)(H,36,38)(H,37,40)(H,41,42)(H4,31,32,33). The SMILES string of the molecule is CC(C)CC(NC(=O)C(N)Cc1c[nH]c2ccccc12)C(=O)NC(CC(C)C)C(=O)NC(CCCN=C(N)N)C(=O)O. The predicted molar refractivity (Wildman–Crippen MR) is 162 cm³/mol. The number of carboxylic acid groups (broad SMARTS) is 1. The van der Waals surface area contributed by atoms with Crippen molar-refractivity contribution < 1.29 is 24.3 Å². The lowest BCUT2D eigenvalue weighted by Gasteiger charge is -2.27. The summed E-state index contributed by atoms with van der Waals surface area (Å²) in [7, 11) is 0. The van der Waals surface area contributed by atoms with Gasteiger partial charge in [0.2, 0.25) is 17.7 Å². The number of amides is 3. The summed E-state index contributed by atoms with van der Waals surface area (Å²) in [5.74, 6) is -2.92. The third kappa shape index (κ3) is 11.0. The Labute approximate surface area is 246 Å².